The van der Waals surface area contributed by atoms with Crippen molar-refractivity contribution < 1.29 is 18.3 Å². The van der Waals surface area contributed by atoms with Gasteiger partial charge in [0, 0.05) is 0 Å². The van der Waals surface area contributed by atoms with Gasteiger partial charge in [0.2, 0.25) is 0 Å². The van der Waals surface area contributed by atoms with Crippen molar-refractivity contribution in [1.82, 2.24) is 9.78 Å². The Morgan fingerprint density at radius 3 is 2.52 bits per heavy atom. The number of benzene rings is 2. The standard InChI is InChI=1S/C18H15F2N3O2/c1-12-14(11-21-23(12)13-7-3-2-4-8-13)17(24)22-15-9-5-6-10-16(15)25-18(19)20/h2-11,18H,1H3,(H,22,24). The van der Waals surface area contributed by atoms with Crippen LogP contribution in [0, 0.1) is 6.92 Å². The fourth-order valence-electron chi connectivity index (χ4n) is 2.42. The van der Waals surface area contributed by atoms with Crippen LogP contribution in [0.25, 0.3) is 5.69 Å². The summed E-state index contributed by atoms with van der Waals surface area (Å²) in [5, 5.41) is 6.81. The molecule has 0 radical (unpaired) electrons. The molecule has 1 N–H and O–H groups in total. The number of ether oxygens (including phenoxy) is 1. The van der Waals surface area contributed by atoms with E-state index in [1.54, 1.807) is 23.7 Å². The Balaban J connectivity index is 1.85. The predicted octanol–water partition coefficient (Wildman–Crippen LogP) is 4.03. The molecule has 3 rings (SSSR count). The fraction of sp³-hybridized carbons (Fsp3) is 0.111. The van der Waals surface area contributed by atoms with Crippen LogP contribution in [0.1, 0.15) is 16.1 Å². The van der Waals surface area contributed by atoms with Crippen molar-refractivity contribution in [1.29, 1.82) is 0 Å². The number of aromatic nitrogens is 2. The molecule has 3 aromatic rings. The lowest BCUT2D eigenvalue weighted by molar-refractivity contribution is -0.0493. The topological polar surface area (TPSA) is 56.1 Å². The largest absolute Gasteiger partial charge is 0.433 e. The van der Waals surface area contributed by atoms with Crippen molar-refractivity contribution in [2.45, 2.75) is 13.5 Å². The summed E-state index contributed by atoms with van der Waals surface area (Å²) in [7, 11) is 0. The van der Waals surface area contributed by atoms with Crippen molar-refractivity contribution in [3.63, 3.8) is 0 Å². The van der Waals surface area contributed by atoms with Gasteiger partial charge in [-0.3, -0.25) is 4.79 Å². The normalized spacial score (nSPS) is 10.7. The van der Waals surface area contributed by atoms with Crippen LogP contribution in [0.2, 0.25) is 0 Å². The van der Waals surface area contributed by atoms with Gasteiger partial charge in [-0.2, -0.15) is 13.9 Å². The third-order valence-corrected chi connectivity index (χ3v) is 3.61. The Kier molecular flexibility index (Phi) is 4.74. The van der Waals surface area contributed by atoms with Crippen molar-refractivity contribution >= 4 is 11.6 Å². The zero-order chi connectivity index (χ0) is 17.8. The zero-order valence-electron chi connectivity index (χ0n) is 13.3. The molecule has 2 aromatic carbocycles. The first kappa shape index (κ1) is 16.6. The van der Waals surface area contributed by atoms with Crippen molar-refractivity contribution in [2.75, 3.05) is 5.32 Å². The second kappa shape index (κ2) is 7.12. The van der Waals surface area contributed by atoms with Crippen LogP contribution in [0.3, 0.4) is 0 Å². The lowest BCUT2D eigenvalue weighted by Gasteiger charge is -2.11. The molecule has 0 aliphatic heterocycles. The number of alkyl halides is 2. The summed E-state index contributed by atoms with van der Waals surface area (Å²) >= 11 is 0. The number of anilines is 1. The molecule has 0 unspecified atom stereocenters. The first-order valence-electron chi connectivity index (χ1n) is 7.51. The van der Waals surface area contributed by atoms with Gasteiger partial charge < -0.3 is 10.1 Å². The maximum absolute atomic E-state index is 12.5. The Hall–Kier alpha value is -3.22. The van der Waals surface area contributed by atoms with Crippen LogP contribution in [0.5, 0.6) is 5.75 Å². The van der Waals surface area contributed by atoms with Gasteiger partial charge in [-0.05, 0) is 31.2 Å². The zero-order valence-corrected chi connectivity index (χ0v) is 13.3. The summed E-state index contributed by atoms with van der Waals surface area (Å²) in [4.78, 5) is 12.5. The smallest absolute Gasteiger partial charge is 0.387 e. The number of amides is 1. The molecule has 0 spiro atoms. The number of nitrogens with one attached hydrogen (secondary N) is 1. The van der Waals surface area contributed by atoms with Crippen molar-refractivity contribution in [3.05, 3.63) is 72.1 Å². The maximum atomic E-state index is 12.5. The average molecular weight is 343 g/mol. The number of hydrogen-bond donors (Lipinski definition) is 1. The summed E-state index contributed by atoms with van der Waals surface area (Å²) in [6, 6.07) is 15.4. The van der Waals surface area contributed by atoms with Crippen LogP contribution < -0.4 is 10.1 Å². The third kappa shape index (κ3) is 3.65. The van der Waals surface area contributed by atoms with Crippen LogP contribution in [0.15, 0.2) is 60.8 Å². The van der Waals surface area contributed by atoms with Gasteiger partial charge in [-0.15, -0.1) is 0 Å². The van der Waals surface area contributed by atoms with E-state index in [1.165, 1.54) is 18.3 Å². The Morgan fingerprint density at radius 2 is 1.80 bits per heavy atom. The van der Waals surface area contributed by atoms with E-state index < -0.39 is 12.5 Å². The molecule has 0 atom stereocenters. The summed E-state index contributed by atoms with van der Waals surface area (Å²) in [6.07, 6.45) is 1.44. The second-order valence-corrected chi connectivity index (χ2v) is 5.22. The van der Waals surface area contributed by atoms with Gasteiger partial charge in [0.15, 0.2) is 0 Å². The quantitative estimate of drug-likeness (QED) is 0.761. The fourth-order valence-corrected chi connectivity index (χ4v) is 2.42. The van der Waals surface area contributed by atoms with E-state index in [-0.39, 0.29) is 11.4 Å². The molecule has 25 heavy (non-hydrogen) atoms. The molecule has 5 nitrogen and oxygen atoms in total. The second-order valence-electron chi connectivity index (χ2n) is 5.22. The monoisotopic (exact) mass is 343 g/mol. The highest BCUT2D eigenvalue weighted by Gasteiger charge is 2.17. The lowest BCUT2D eigenvalue weighted by atomic mass is 10.2. The van der Waals surface area contributed by atoms with Crippen LogP contribution >= 0.6 is 0 Å². The molecule has 7 heteroatoms. The van der Waals surface area contributed by atoms with E-state index in [1.807, 2.05) is 30.3 Å². The van der Waals surface area contributed by atoms with E-state index in [0.717, 1.165) is 5.69 Å². The molecule has 0 aliphatic carbocycles. The minimum atomic E-state index is -2.97. The highest BCUT2D eigenvalue weighted by atomic mass is 19.3. The number of halogens is 2. The van der Waals surface area contributed by atoms with Gasteiger partial charge >= 0.3 is 6.61 Å². The third-order valence-electron chi connectivity index (χ3n) is 3.61. The van der Waals surface area contributed by atoms with Gasteiger partial charge in [-0.25, -0.2) is 4.68 Å². The van der Waals surface area contributed by atoms with E-state index >= 15 is 0 Å². The molecule has 0 fully saturated rings. The highest BCUT2D eigenvalue weighted by molar-refractivity contribution is 6.05. The van der Waals surface area contributed by atoms with Gasteiger partial charge in [-0.1, -0.05) is 30.3 Å². The number of carbonyl (C=O) groups excluding carboxylic acids is 1. The Labute approximate surface area is 142 Å². The molecule has 0 aliphatic rings. The predicted molar refractivity (Wildman–Crippen MR) is 89.3 cm³/mol. The summed E-state index contributed by atoms with van der Waals surface area (Å²) < 4.78 is 31.0. The van der Waals surface area contributed by atoms with Gasteiger partial charge in [0.1, 0.15) is 5.75 Å². The van der Waals surface area contributed by atoms with Crippen molar-refractivity contribution in [2.24, 2.45) is 0 Å². The van der Waals surface area contributed by atoms with E-state index in [9.17, 15) is 13.6 Å². The molecule has 1 heterocycles. The molecule has 0 saturated carbocycles. The number of rotatable bonds is 5. The molecular weight excluding hydrogens is 328 g/mol. The molecule has 128 valence electrons. The Morgan fingerprint density at radius 1 is 1.12 bits per heavy atom. The number of nitrogens with zero attached hydrogens (tertiary/aromatic N) is 2. The van der Waals surface area contributed by atoms with Crippen LogP contribution in [-0.4, -0.2) is 22.3 Å². The van der Waals surface area contributed by atoms with E-state index in [0.29, 0.717) is 11.3 Å². The summed E-state index contributed by atoms with van der Waals surface area (Å²) in [5.74, 6) is -0.552. The van der Waals surface area contributed by atoms with Crippen LogP contribution in [-0.2, 0) is 0 Å². The maximum Gasteiger partial charge on any atom is 0.387 e. The molecule has 0 bridgehead atoms. The first-order chi connectivity index (χ1) is 12.1. The SMILES string of the molecule is Cc1c(C(=O)Nc2ccccc2OC(F)F)cnn1-c1ccccc1. The Bertz CT molecular complexity index is 879. The molecule has 1 amide bonds. The molecular formula is C18H15F2N3O2. The summed E-state index contributed by atoms with van der Waals surface area (Å²) in [6.45, 7) is -1.21. The van der Waals surface area contributed by atoms with E-state index in [4.69, 9.17) is 0 Å². The molecule has 1 aromatic heterocycles. The number of para-hydroxylation sites is 3. The van der Waals surface area contributed by atoms with Crippen molar-refractivity contribution in [3.8, 4) is 11.4 Å². The highest BCUT2D eigenvalue weighted by Crippen LogP contribution is 2.26. The van der Waals surface area contributed by atoms with Crippen LogP contribution in [0.4, 0.5) is 14.5 Å². The molecule has 0 saturated heterocycles. The minimum absolute atomic E-state index is 0.0982. The minimum Gasteiger partial charge on any atom is -0.433 e. The number of hydrogen-bond acceptors (Lipinski definition) is 3. The van der Waals surface area contributed by atoms with Gasteiger partial charge in [0.25, 0.3) is 5.91 Å². The first-order valence-corrected chi connectivity index (χ1v) is 7.51. The van der Waals surface area contributed by atoms with Gasteiger partial charge in [0.05, 0.1) is 28.8 Å². The van der Waals surface area contributed by atoms with E-state index in [2.05, 4.69) is 15.2 Å². The summed E-state index contributed by atoms with van der Waals surface area (Å²) in [5.41, 5.74) is 1.96. The lowest BCUT2D eigenvalue weighted by Crippen LogP contribution is -2.14. The average Bonchev–Trinajstić information content (AvgIpc) is 2.98. The number of carbonyl (C=O) groups is 1.